The number of nitrogens with zero attached hydrogens (tertiary/aromatic N) is 4. The summed E-state index contributed by atoms with van der Waals surface area (Å²) < 4.78 is 14.7. The third kappa shape index (κ3) is 3.20. The maximum absolute atomic E-state index is 6.18. The predicted molar refractivity (Wildman–Crippen MR) is 75.2 cm³/mol. The minimum atomic E-state index is -0.776. The molecule has 2 N–H and O–H groups in total. The molecule has 1 unspecified atom stereocenters. The Bertz CT molecular complexity index is 552. The molecule has 110 valence electrons. The van der Waals surface area contributed by atoms with E-state index in [-0.39, 0.29) is 0 Å². The Morgan fingerprint density at radius 1 is 1.40 bits per heavy atom. The van der Waals surface area contributed by atoms with E-state index in [1.165, 1.54) is 11.5 Å². The van der Waals surface area contributed by atoms with Crippen molar-refractivity contribution in [2.24, 2.45) is 5.73 Å². The number of ether oxygens (including phenoxy) is 1. The van der Waals surface area contributed by atoms with Crippen LogP contribution in [-0.4, -0.2) is 32.9 Å². The summed E-state index contributed by atoms with van der Waals surface area (Å²) in [4.78, 5) is 5.16. The van der Waals surface area contributed by atoms with Crippen molar-refractivity contribution in [3.8, 4) is 10.8 Å². The highest BCUT2D eigenvalue weighted by atomic mass is 32.1. The molecule has 20 heavy (non-hydrogen) atoms. The van der Waals surface area contributed by atoms with Gasteiger partial charge in [0.2, 0.25) is 0 Å². The van der Waals surface area contributed by atoms with E-state index in [1.807, 2.05) is 20.8 Å². The predicted octanol–water partition coefficient (Wildman–Crippen LogP) is 1.75. The standard InChI is InChI=1S/C12H19N5O2S/c1-4-6-18-7-12(3,13)11-14-10(19-16-11)9-8(5-2)15-17-20-9/h4-7,13H2,1-3H3. The Balaban J connectivity index is 2.16. The van der Waals surface area contributed by atoms with Crippen LogP contribution < -0.4 is 5.73 Å². The van der Waals surface area contributed by atoms with E-state index in [4.69, 9.17) is 15.0 Å². The van der Waals surface area contributed by atoms with E-state index in [2.05, 4.69) is 19.7 Å². The normalized spacial score (nSPS) is 14.4. The molecule has 0 aromatic carbocycles. The van der Waals surface area contributed by atoms with Crippen molar-refractivity contribution in [3.05, 3.63) is 11.5 Å². The number of nitrogens with two attached hydrogens (primary N) is 1. The smallest absolute Gasteiger partial charge is 0.271 e. The molecule has 1 atom stereocenters. The Morgan fingerprint density at radius 2 is 2.20 bits per heavy atom. The van der Waals surface area contributed by atoms with Gasteiger partial charge in [0.1, 0.15) is 10.4 Å². The lowest BCUT2D eigenvalue weighted by Crippen LogP contribution is -2.39. The molecule has 0 aliphatic carbocycles. The third-order valence-corrected chi connectivity index (χ3v) is 3.53. The fourth-order valence-electron chi connectivity index (χ4n) is 1.64. The van der Waals surface area contributed by atoms with Crippen LogP contribution >= 0.6 is 11.5 Å². The summed E-state index contributed by atoms with van der Waals surface area (Å²) in [6.45, 7) is 6.88. The Morgan fingerprint density at radius 3 is 2.90 bits per heavy atom. The first kappa shape index (κ1) is 15.0. The summed E-state index contributed by atoms with van der Waals surface area (Å²) in [7, 11) is 0. The molecule has 8 heteroatoms. The fourth-order valence-corrected chi connectivity index (χ4v) is 2.32. The fraction of sp³-hybridized carbons (Fsp3) is 0.667. The van der Waals surface area contributed by atoms with Crippen LogP contribution in [0, 0.1) is 0 Å². The van der Waals surface area contributed by atoms with E-state index in [9.17, 15) is 0 Å². The van der Waals surface area contributed by atoms with Crippen LogP contribution in [0.25, 0.3) is 10.8 Å². The SMILES string of the molecule is CCCOCC(C)(N)c1noc(-c2snnc2CC)n1. The van der Waals surface area contributed by atoms with Crippen LogP contribution in [0.4, 0.5) is 0 Å². The Hall–Kier alpha value is -1.38. The number of aryl methyl sites for hydroxylation is 1. The van der Waals surface area contributed by atoms with Crippen LogP contribution in [0.5, 0.6) is 0 Å². The van der Waals surface area contributed by atoms with Gasteiger partial charge in [0.15, 0.2) is 5.82 Å². The minimum absolute atomic E-state index is 0.349. The first-order valence-corrected chi connectivity index (χ1v) is 7.38. The second-order valence-electron chi connectivity index (χ2n) is 4.80. The molecule has 0 saturated heterocycles. The first-order valence-electron chi connectivity index (χ1n) is 6.61. The molecule has 0 saturated carbocycles. The maximum Gasteiger partial charge on any atom is 0.271 e. The quantitative estimate of drug-likeness (QED) is 0.777. The van der Waals surface area contributed by atoms with E-state index in [0.29, 0.717) is 24.9 Å². The molecule has 0 amide bonds. The van der Waals surface area contributed by atoms with Crippen LogP contribution in [0.2, 0.25) is 0 Å². The molecule has 2 aromatic heterocycles. The van der Waals surface area contributed by atoms with E-state index >= 15 is 0 Å². The van der Waals surface area contributed by atoms with Crippen molar-refractivity contribution in [2.45, 2.75) is 39.2 Å². The van der Waals surface area contributed by atoms with Crippen LogP contribution in [0.1, 0.15) is 38.7 Å². The van der Waals surface area contributed by atoms with Gasteiger partial charge in [-0.15, -0.1) is 5.10 Å². The lowest BCUT2D eigenvalue weighted by Gasteiger charge is -2.19. The molecule has 0 spiro atoms. The number of hydrogen-bond donors (Lipinski definition) is 1. The summed E-state index contributed by atoms with van der Waals surface area (Å²) in [5, 5.41) is 7.99. The Labute approximate surface area is 121 Å². The highest BCUT2D eigenvalue weighted by molar-refractivity contribution is 7.09. The van der Waals surface area contributed by atoms with Crippen molar-refractivity contribution in [3.63, 3.8) is 0 Å². The van der Waals surface area contributed by atoms with Crippen LogP contribution in [0.15, 0.2) is 4.52 Å². The Kier molecular flexibility index (Phi) is 4.79. The second kappa shape index (κ2) is 6.38. The van der Waals surface area contributed by atoms with Gasteiger partial charge in [0, 0.05) is 6.61 Å². The van der Waals surface area contributed by atoms with Gasteiger partial charge >= 0.3 is 0 Å². The molecule has 2 rings (SSSR count). The topological polar surface area (TPSA) is 100.0 Å². The van der Waals surface area contributed by atoms with Crippen molar-refractivity contribution in [1.29, 1.82) is 0 Å². The summed E-state index contributed by atoms with van der Waals surface area (Å²) in [5.74, 6) is 0.845. The van der Waals surface area contributed by atoms with Gasteiger partial charge in [0.05, 0.1) is 12.3 Å². The molecule has 0 radical (unpaired) electrons. The lowest BCUT2D eigenvalue weighted by atomic mass is 10.1. The van der Waals surface area contributed by atoms with Gasteiger partial charge < -0.3 is 15.0 Å². The van der Waals surface area contributed by atoms with Gasteiger partial charge in [-0.3, -0.25) is 0 Å². The molecule has 0 fully saturated rings. The molecule has 0 aliphatic heterocycles. The molecule has 7 nitrogen and oxygen atoms in total. The lowest BCUT2D eigenvalue weighted by molar-refractivity contribution is 0.0867. The van der Waals surface area contributed by atoms with Crippen molar-refractivity contribution in [2.75, 3.05) is 13.2 Å². The number of rotatable bonds is 7. The highest BCUT2D eigenvalue weighted by Gasteiger charge is 2.29. The highest BCUT2D eigenvalue weighted by Crippen LogP contribution is 2.26. The van der Waals surface area contributed by atoms with Gasteiger partial charge in [-0.25, -0.2) is 0 Å². The van der Waals surface area contributed by atoms with Crippen LogP contribution in [0.3, 0.4) is 0 Å². The van der Waals surface area contributed by atoms with E-state index in [1.54, 1.807) is 0 Å². The van der Waals surface area contributed by atoms with E-state index < -0.39 is 5.54 Å². The zero-order chi connectivity index (χ0) is 14.6. The molecule has 2 heterocycles. The summed E-state index contributed by atoms with van der Waals surface area (Å²) in [6.07, 6.45) is 1.71. The monoisotopic (exact) mass is 297 g/mol. The molecule has 0 bridgehead atoms. The number of aromatic nitrogens is 4. The average Bonchev–Trinajstić information content (AvgIpc) is 3.07. The summed E-state index contributed by atoms with van der Waals surface area (Å²) in [5.41, 5.74) is 6.25. The number of hydrogen-bond acceptors (Lipinski definition) is 8. The second-order valence-corrected chi connectivity index (χ2v) is 5.55. The zero-order valence-electron chi connectivity index (χ0n) is 11.9. The zero-order valence-corrected chi connectivity index (χ0v) is 12.7. The van der Waals surface area contributed by atoms with E-state index in [0.717, 1.165) is 23.4 Å². The summed E-state index contributed by atoms with van der Waals surface area (Å²) >= 11 is 1.24. The van der Waals surface area contributed by atoms with Crippen molar-refractivity contribution < 1.29 is 9.26 Å². The summed E-state index contributed by atoms with van der Waals surface area (Å²) in [6, 6.07) is 0. The van der Waals surface area contributed by atoms with Crippen molar-refractivity contribution in [1.82, 2.24) is 19.7 Å². The largest absolute Gasteiger partial charge is 0.379 e. The first-order chi connectivity index (χ1) is 9.58. The third-order valence-electron chi connectivity index (χ3n) is 2.77. The van der Waals surface area contributed by atoms with Gasteiger partial charge in [-0.1, -0.05) is 23.5 Å². The maximum atomic E-state index is 6.18. The molecular formula is C12H19N5O2S. The average molecular weight is 297 g/mol. The minimum Gasteiger partial charge on any atom is -0.379 e. The van der Waals surface area contributed by atoms with Gasteiger partial charge in [-0.05, 0) is 31.3 Å². The van der Waals surface area contributed by atoms with Gasteiger partial charge in [-0.2, -0.15) is 4.98 Å². The molecular weight excluding hydrogens is 278 g/mol. The van der Waals surface area contributed by atoms with Crippen LogP contribution in [-0.2, 0) is 16.7 Å². The molecule has 2 aromatic rings. The van der Waals surface area contributed by atoms with Gasteiger partial charge in [0.25, 0.3) is 5.89 Å². The van der Waals surface area contributed by atoms with Crippen molar-refractivity contribution >= 4 is 11.5 Å². The molecule has 0 aliphatic rings.